The number of hydrogen-bond donors (Lipinski definition) is 1. The van der Waals surface area contributed by atoms with Crippen LogP contribution in [0.3, 0.4) is 0 Å². The summed E-state index contributed by atoms with van der Waals surface area (Å²) >= 11 is 2.20. The lowest BCUT2D eigenvalue weighted by Crippen LogP contribution is -1.87. The molecular formula is C10H8INO2. The van der Waals surface area contributed by atoms with Crippen LogP contribution >= 0.6 is 22.6 Å². The smallest absolute Gasteiger partial charge is 0.152 e. The van der Waals surface area contributed by atoms with E-state index in [-0.39, 0.29) is 0 Å². The molecule has 2 aromatic rings. The summed E-state index contributed by atoms with van der Waals surface area (Å²) < 4.78 is 6.18. The maximum absolute atomic E-state index is 10.7. The second kappa shape index (κ2) is 3.61. The number of aromatic nitrogens is 1. The number of aldehydes is 1. The first kappa shape index (κ1) is 9.51. The summed E-state index contributed by atoms with van der Waals surface area (Å²) in [5.41, 5.74) is 1.63. The SMILES string of the molecule is COc1ccc2c(C=O)c[nH]c2c1I. The van der Waals surface area contributed by atoms with Crippen LogP contribution in [0.1, 0.15) is 10.4 Å². The Morgan fingerprint density at radius 2 is 2.29 bits per heavy atom. The Bertz CT molecular complexity index is 490. The summed E-state index contributed by atoms with van der Waals surface area (Å²) in [5.74, 6) is 0.817. The van der Waals surface area contributed by atoms with Gasteiger partial charge in [0.15, 0.2) is 6.29 Å². The average Bonchev–Trinajstić information content (AvgIpc) is 2.62. The lowest BCUT2D eigenvalue weighted by atomic mass is 10.2. The summed E-state index contributed by atoms with van der Waals surface area (Å²) in [5, 5.41) is 0.935. The Hall–Kier alpha value is -1.04. The number of hydrogen-bond acceptors (Lipinski definition) is 2. The first-order chi connectivity index (χ1) is 6.77. The molecule has 72 valence electrons. The number of H-pyrrole nitrogens is 1. The van der Waals surface area contributed by atoms with Crippen LogP contribution in [0.4, 0.5) is 0 Å². The van der Waals surface area contributed by atoms with Crippen molar-refractivity contribution >= 4 is 39.8 Å². The molecule has 0 fully saturated rings. The third kappa shape index (κ3) is 1.30. The minimum absolute atomic E-state index is 0.681. The van der Waals surface area contributed by atoms with Crippen molar-refractivity contribution in [2.75, 3.05) is 7.11 Å². The molecule has 0 aliphatic carbocycles. The Morgan fingerprint density at radius 3 is 2.93 bits per heavy atom. The second-order valence-electron chi connectivity index (χ2n) is 2.87. The summed E-state index contributed by atoms with van der Waals surface area (Å²) in [6.07, 6.45) is 2.56. The number of aromatic amines is 1. The summed E-state index contributed by atoms with van der Waals surface area (Å²) in [6.45, 7) is 0. The number of ether oxygens (including phenoxy) is 1. The molecule has 3 nitrogen and oxygen atoms in total. The highest BCUT2D eigenvalue weighted by Crippen LogP contribution is 2.29. The molecule has 0 aliphatic rings. The molecule has 1 aromatic carbocycles. The number of benzene rings is 1. The predicted octanol–water partition coefficient (Wildman–Crippen LogP) is 2.59. The molecule has 0 saturated carbocycles. The Kier molecular flexibility index (Phi) is 2.45. The van der Waals surface area contributed by atoms with E-state index >= 15 is 0 Å². The van der Waals surface area contributed by atoms with Crippen LogP contribution in [0.25, 0.3) is 10.9 Å². The van der Waals surface area contributed by atoms with Crippen molar-refractivity contribution in [2.45, 2.75) is 0 Å². The lowest BCUT2D eigenvalue weighted by molar-refractivity contribution is 0.112. The Balaban J connectivity index is 2.78. The van der Waals surface area contributed by atoms with Crippen LogP contribution in [0.2, 0.25) is 0 Å². The van der Waals surface area contributed by atoms with Crippen LogP contribution < -0.4 is 4.74 Å². The van der Waals surface area contributed by atoms with Crippen LogP contribution in [0.15, 0.2) is 18.3 Å². The third-order valence-electron chi connectivity index (χ3n) is 2.14. The number of rotatable bonds is 2. The van der Waals surface area contributed by atoms with Gasteiger partial charge >= 0.3 is 0 Å². The maximum Gasteiger partial charge on any atom is 0.152 e. The molecule has 4 heteroatoms. The molecule has 2 rings (SSSR count). The van der Waals surface area contributed by atoms with Crippen molar-refractivity contribution in [3.63, 3.8) is 0 Å². The molecule has 0 spiro atoms. The molecule has 0 unspecified atom stereocenters. The van der Waals surface area contributed by atoms with Crippen molar-refractivity contribution in [3.8, 4) is 5.75 Å². The number of fused-ring (bicyclic) bond motifs is 1. The van der Waals surface area contributed by atoms with Gasteiger partial charge in [-0.3, -0.25) is 4.79 Å². The van der Waals surface area contributed by atoms with Gasteiger partial charge in [0.05, 0.1) is 16.2 Å². The zero-order valence-corrected chi connectivity index (χ0v) is 9.66. The van der Waals surface area contributed by atoms with E-state index in [1.807, 2.05) is 12.1 Å². The van der Waals surface area contributed by atoms with E-state index in [0.717, 1.165) is 26.5 Å². The van der Waals surface area contributed by atoms with E-state index in [1.165, 1.54) is 0 Å². The fourth-order valence-electron chi connectivity index (χ4n) is 1.42. The highest BCUT2D eigenvalue weighted by atomic mass is 127. The minimum atomic E-state index is 0.681. The molecule has 1 heterocycles. The van der Waals surface area contributed by atoms with Gasteiger partial charge in [0.25, 0.3) is 0 Å². The molecule has 0 bridgehead atoms. The number of halogens is 1. The highest BCUT2D eigenvalue weighted by Gasteiger charge is 2.09. The number of nitrogens with one attached hydrogen (secondary N) is 1. The minimum Gasteiger partial charge on any atom is -0.496 e. The maximum atomic E-state index is 10.7. The van der Waals surface area contributed by atoms with Gasteiger partial charge < -0.3 is 9.72 Å². The van der Waals surface area contributed by atoms with Gasteiger partial charge in [-0.2, -0.15) is 0 Å². The largest absolute Gasteiger partial charge is 0.496 e. The normalized spacial score (nSPS) is 10.4. The van der Waals surface area contributed by atoms with Gasteiger partial charge in [-0.15, -0.1) is 0 Å². The van der Waals surface area contributed by atoms with Gasteiger partial charge in [-0.05, 0) is 34.7 Å². The third-order valence-corrected chi connectivity index (χ3v) is 3.21. The molecule has 14 heavy (non-hydrogen) atoms. The molecule has 0 amide bonds. The zero-order valence-electron chi connectivity index (χ0n) is 7.50. The molecule has 0 radical (unpaired) electrons. The van der Waals surface area contributed by atoms with E-state index in [2.05, 4.69) is 27.6 Å². The van der Waals surface area contributed by atoms with Crippen molar-refractivity contribution in [2.24, 2.45) is 0 Å². The van der Waals surface area contributed by atoms with Crippen molar-refractivity contribution in [1.82, 2.24) is 4.98 Å². The molecule has 0 saturated heterocycles. The fraction of sp³-hybridized carbons (Fsp3) is 0.100. The van der Waals surface area contributed by atoms with E-state index in [0.29, 0.717) is 5.56 Å². The average molecular weight is 301 g/mol. The summed E-state index contributed by atoms with van der Waals surface area (Å²) in [4.78, 5) is 13.8. The van der Waals surface area contributed by atoms with Crippen LogP contribution in [-0.4, -0.2) is 18.4 Å². The van der Waals surface area contributed by atoms with Crippen molar-refractivity contribution in [3.05, 3.63) is 27.5 Å². The van der Waals surface area contributed by atoms with Gasteiger partial charge in [-0.1, -0.05) is 0 Å². The van der Waals surface area contributed by atoms with Gasteiger partial charge in [-0.25, -0.2) is 0 Å². The topological polar surface area (TPSA) is 42.1 Å². The van der Waals surface area contributed by atoms with Crippen molar-refractivity contribution < 1.29 is 9.53 Å². The molecule has 1 N–H and O–H groups in total. The quantitative estimate of drug-likeness (QED) is 0.684. The second-order valence-corrected chi connectivity index (χ2v) is 3.94. The number of carbonyl (C=O) groups excluding carboxylic acids is 1. The van der Waals surface area contributed by atoms with E-state index in [9.17, 15) is 4.79 Å². The van der Waals surface area contributed by atoms with Gasteiger partial charge in [0.1, 0.15) is 5.75 Å². The van der Waals surface area contributed by atoms with E-state index in [4.69, 9.17) is 4.74 Å². The number of carbonyl (C=O) groups is 1. The standard InChI is InChI=1S/C10H8INO2/c1-14-8-3-2-7-6(5-13)4-12-10(7)9(8)11/h2-5,12H,1H3. The molecule has 1 aromatic heterocycles. The highest BCUT2D eigenvalue weighted by molar-refractivity contribution is 14.1. The van der Waals surface area contributed by atoms with E-state index in [1.54, 1.807) is 13.3 Å². The van der Waals surface area contributed by atoms with Crippen molar-refractivity contribution in [1.29, 1.82) is 0 Å². The van der Waals surface area contributed by atoms with Crippen LogP contribution in [0, 0.1) is 3.57 Å². The van der Waals surface area contributed by atoms with Gasteiger partial charge in [0.2, 0.25) is 0 Å². The van der Waals surface area contributed by atoms with Crippen LogP contribution in [0.5, 0.6) is 5.75 Å². The fourth-order valence-corrected chi connectivity index (χ4v) is 2.27. The Morgan fingerprint density at radius 1 is 1.50 bits per heavy atom. The summed E-state index contributed by atoms with van der Waals surface area (Å²) in [7, 11) is 1.63. The molecular weight excluding hydrogens is 293 g/mol. The van der Waals surface area contributed by atoms with E-state index < -0.39 is 0 Å². The molecule has 0 aliphatic heterocycles. The Labute approximate surface area is 94.6 Å². The monoisotopic (exact) mass is 301 g/mol. The summed E-state index contributed by atoms with van der Waals surface area (Å²) in [6, 6.07) is 3.75. The van der Waals surface area contributed by atoms with Gasteiger partial charge in [0, 0.05) is 17.1 Å². The zero-order chi connectivity index (χ0) is 10.1. The molecule has 0 atom stereocenters. The van der Waals surface area contributed by atoms with Crippen LogP contribution in [-0.2, 0) is 0 Å². The number of methoxy groups -OCH3 is 1. The first-order valence-corrected chi connectivity index (χ1v) is 5.14. The predicted molar refractivity (Wildman–Crippen MR) is 63.0 cm³/mol. The first-order valence-electron chi connectivity index (χ1n) is 4.06. The lowest BCUT2D eigenvalue weighted by Gasteiger charge is -2.03.